The van der Waals surface area contributed by atoms with Crippen molar-refractivity contribution >= 4 is 40.6 Å². The van der Waals surface area contributed by atoms with Crippen molar-refractivity contribution in [2.45, 2.75) is 6.92 Å². The van der Waals surface area contributed by atoms with E-state index in [0.717, 1.165) is 5.56 Å². The number of nitrogens with zero attached hydrogens (tertiary/aromatic N) is 2. The summed E-state index contributed by atoms with van der Waals surface area (Å²) >= 11 is 1.29. The highest BCUT2D eigenvalue weighted by atomic mass is 32.2. The SMILES string of the molecule is CCN1C(=O)/C(=C\c2ccccc2OC)SC1=Nc1ccc(C(=O)O)cc1. The zero-order valence-corrected chi connectivity index (χ0v) is 15.7. The first-order valence-electron chi connectivity index (χ1n) is 8.30. The van der Waals surface area contributed by atoms with Crippen molar-refractivity contribution in [3.8, 4) is 5.75 Å². The normalized spacial score (nSPS) is 17.0. The minimum atomic E-state index is -0.989. The summed E-state index contributed by atoms with van der Waals surface area (Å²) in [7, 11) is 1.59. The molecule has 1 aliphatic heterocycles. The molecule has 1 aliphatic rings. The van der Waals surface area contributed by atoms with Crippen LogP contribution in [0.3, 0.4) is 0 Å². The van der Waals surface area contributed by atoms with E-state index in [1.165, 1.54) is 23.9 Å². The van der Waals surface area contributed by atoms with Gasteiger partial charge in [0.1, 0.15) is 5.75 Å². The van der Waals surface area contributed by atoms with E-state index in [1.54, 1.807) is 30.2 Å². The second kappa shape index (κ2) is 8.09. The van der Waals surface area contributed by atoms with Gasteiger partial charge in [-0.2, -0.15) is 0 Å². The Morgan fingerprint density at radius 2 is 1.93 bits per heavy atom. The number of methoxy groups -OCH3 is 1. The van der Waals surface area contributed by atoms with E-state index in [9.17, 15) is 9.59 Å². The molecule has 1 saturated heterocycles. The molecule has 0 atom stereocenters. The van der Waals surface area contributed by atoms with Crippen LogP contribution >= 0.6 is 11.8 Å². The lowest BCUT2D eigenvalue weighted by Crippen LogP contribution is -2.28. The molecule has 0 aliphatic carbocycles. The number of amidine groups is 1. The summed E-state index contributed by atoms with van der Waals surface area (Å²) in [6.07, 6.45) is 1.80. The van der Waals surface area contributed by atoms with Gasteiger partial charge in [-0.05, 0) is 55.1 Å². The average Bonchev–Trinajstić information content (AvgIpc) is 2.97. The maximum absolute atomic E-state index is 12.7. The standard InChI is InChI=1S/C20H18N2O4S/c1-3-22-18(23)17(12-14-6-4-5-7-16(14)26-2)27-20(22)21-15-10-8-13(9-11-15)19(24)25/h4-12H,3H2,1-2H3,(H,24,25)/b17-12+,21-20?. The van der Waals surface area contributed by atoms with Gasteiger partial charge in [-0.15, -0.1) is 0 Å². The fourth-order valence-corrected chi connectivity index (χ4v) is 3.64. The van der Waals surface area contributed by atoms with Gasteiger partial charge in [-0.3, -0.25) is 9.69 Å². The smallest absolute Gasteiger partial charge is 0.335 e. The van der Waals surface area contributed by atoms with Gasteiger partial charge in [0.05, 0.1) is 23.3 Å². The van der Waals surface area contributed by atoms with Gasteiger partial charge in [-0.25, -0.2) is 9.79 Å². The number of hydrogen-bond acceptors (Lipinski definition) is 5. The Labute approximate surface area is 161 Å². The molecule has 3 rings (SSSR count). The maximum Gasteiger partial charge on any atom is 0.335 e. The van der Waals surface area contributed by atoms with Crippen LogP contribution in [-0.4, -0.2) is 40.7 Å². The average molecular weight is 382 g/mol. The van der Waals surface area contributed by atoms with Gasteiger partial charge in [0.15, 0.2) is 5.17 Å². The molecule has 1 fully saturated rings. The number of carboxylic acids is 1. The van der Waals surface area contributed by atoms with Gasteiger partial charge < -0.3 is 9.84 Å². The molecule has 0 radical (unpaired) electrons. The van der Waals surface area contributed by atoms with E-state index in [2.05, 4.69) is 4.99 Å². The largest absolute Gasteiger partial charge is 0.496 e. The van der Waals surface area contributed by atoms with Crippen LogP contribution in [0.5, 0.6) is 5.75 Å². The van der Waals surface area contributed by atoms with Crippen LogP contribution in [0.25, 0.3) is 6.08 Å². The molecule has 138 valence electrons. The van der Waals surface area contributed by atoms with Crippen molar-refractivity contribution in [3.63, 3.8) is 0 Å². The number of thioether (sulfide) groups is 1. The van der Waals surface area contributed by atoms with Crippen LogP contribution in [0.2, 0.25) is 0 Å². The third-order valence-electron chi connectivity index (χ3n) is 3.97. The lowest BCUT2D eigenvalue weighted by atomic mass is 10.2. The number of benzene rings is 2. The molecule has 0 saturated carbocycles. The fourth-order valence-electron chi connectivity index (χ4n) is 2.59. The first-order valence-corrected chi connectivity index (χ1v) is 9.11. The number of rotatable bonds is 5. The zero-order chi connectivity index (χ0) is 19.4. The number of hydrogen-bond donors (Lipinski definition) is 1. The summed E-state index contributed by atoms with van der Waals surface area (Å²) in [6.45, 7) is 2.37. The first kappa shape index (κ1) is 18.7. The number of carboxylic acid groups (broad SMARTS) is 1. The lowest BCUT2D eigenvalue weighted by Gasteiger charge is -2.12. The highest BCUT2D eigenvalue weighted by Gasteiger charge is 2.32. The summed E-state index contributed by atoms with van der Waals surface area (Å²) in [4.78, 5) is 30.3. The van der Waals surface area contributed by atoms with E-state index in [1.807, 2.05) is 31.2 Å². The van der Waals surface area contributed by atoms with E-state index < -0.39 is 5.97 Å². The summed E-state index contributed by atoms with van der Waals surface area (Å²) in [5.74, 6) is -0.415. The van der Waals surface area contributed by atoms with Crippen LogP contribution in [-0.2, 0) is 4.79 Å². The molecule has 1 amide bonds. The molecular weight excluding hydrogens is 364 g/mol. The number of likely N-dealkylation sites (N-methyl/N-ethyl adjacent to an activating group) is 1. The predicted molar refractivity (Wildman–Crippen MR) is 106 cm³/mol. The van der Waals surface area contributed by atoms with E-state index >= 15 is 0 Å². The lowest BCUT2D eigenvalue weighted by molar-refractivity contribution is -0.122. The van der Waals surface area contributed by atoms with Crippen molar-refractivity contribution in [1.29, 1.82) is 0 Å². The van der Waals surface area contributed by atoms with E-state index in [4.69, 9.17) is 9.84 Å². The van der Waals surface area contributed by atoms with Crippen molar-refractivity contribution in [2.24, 2.45) is 4.99 Å². The number of amides is 1. The number of ether oxygens (including phenoxy) is 1. The first-order chi connectivity index (χ1) is 13.0. The monoisotopic (exact) mass is 382 g/mol. The molecule has 7 heteroatoms. The summed E-state index contributed by atoms with van der Waals surface area (Å²) in [5.41, 5.74) is 1.60. The molecule has 1 heterocycles. The maximum atomic E-state index is 12.7. The molecular formula is C20H18N2O4S. The van der Waals surface area contributed by atoms with Crippen molar-refractivity contribution in [2.75, 3.05) is 13.7 Å². The Balaban J connectivity index is 1.92. The second-order valence-corrected chi connectivity index (χ2v) is 6.66. The summed E-state index contributed by atoms with van der Waals surface area (Å²) < 4.78 is 5.34. The Morgan fingerprint density at radius 1 is 1.22 bits per heavy atom. The molecule has 2 aromatic carbocycles. The van der Waals surface area contributed by atoms with Gasteiger partial charge in [0.2, 0.25) is 0 Å². The molecule has 0 aromatic heterocycles. The predicted octanol–water partition coefficient (Wildman–Crippen LogP) is 4.02. The van der Waals surface area contributed by atoms with Gasteiger partial charge in [0, 0.05) is 12.1 Å². The molecule has 27 heavy (non-hydrogen) atoms. The van der Waals surface area contributed by atoms with Crippen LogP contribution in [0.1, 0.15) is 22.8 Å². The minimum absolute atomic E-state index is 0.116. The van der Waals surface area contributed by atoms with Gasteiger partial charge in [0.25, 0.3) is 5.91 Å². The highest BCUT2D eigenvalue weighted by molar-refractivity contribution is 8.18. The third-order valence-corrected chi connectivity index (χ3v) is 4.98. The number of aliphatic imine (C=N–C) groups is 1. The van der Waals surface area contributed by atoms with Crippen LogP contribution < -0.4 is 4.74 Å². The number of aromatic carboxylic acids is 1. The summed E-state index contributed by atoms with van der Waals surface area (Å²) in [6, 6.07) is 13.7. The Morgan fingerprint density at radius 3 is 2.56 bits per heavy atom. The zero-order valence-electron chi connectivity index (χ0n) is 14.9. The highest BCUT2D eigenvalue weighted by Crippen LogP contribution is 2.35. The molecule has 6 nitrogen and oxygen atoms in total. The molecule has 0 spiro atoms. The third kappa shape index (κ3) is 4.03. The minimum Gasteiger partial charge on any atom is -0.496 e. The number of para-hydroxylation sites is 1. The van der Waals surface area contributed by atoms with Crippen LogP contribution in [0.4, 0.5) is 5.69 Å². The molecule has 0 unspecified atom stereocenters. The Bertz CT molecular complexity index is 935. The molecule has 0 bridgehead atoms. The molecule has 2 aromatic rings. The summed E-state index contributed by atoms with van der Waals surface area (Å²) in [5, 5.41) is 9.54. The topological polar surface area (TPSA) is 79.2 Å². The number of carbonyl (C=O) groups is 2. The van der Waals surface area contributed by atoms with Crippen LogP contribution in [0, 0.1) is 0 Å². The Hall–Kier alpha value is -3.06. The van der Waals surface area contributed by atoms with Crippen molar-refractivity contribution < 1.29 is 19.4 Å². The quantitative estimate of drug-likeness (QED) is 0.790. The Kier molecular flexibility index (Phi) is 5.61. The van der Waals surface area contributed by atoms with Gasteiger partial charge >= 0.3 is 5.97 Å². The van der Waals surface area contributed by atoms with Crippen LogP contribution in [0.15, 0.2) is 58.4 Å². The fraction of sp³-hybridized carbons (Fsp3) is 0.150. The molecule has 1 N–H and O–H groups in total. The van der Waals surface area contributed by atoms with Crippen molar-refractivity contribution in [3.05, 3.63) is 64.6 Å². The van der Waals surface area contributed by atoms with Crippen molar-refractivity contribution in [1.82, 2.24) is 4.90 Å². The van der Waals surface area contributed by atoms with E-state index in [-0.39, 0.29) is 11.5 Å². The number of carbonyl (C=O) groups excluding carboxylic acids is 1. The van der Waals surface area contributed by atoms with Gasteiger partial charge in [-0.1, -0.05) is 18.2 Å². The second-order valence-electron chi connectivity index (χ2n) is 5.65. The van der Waals surface area contributed by atoms with E-state index in [0.29, 0.717) is 28.1 Å².